The van der Waals surface area contributed by atoms with E-state index in [0.29, 0.717) is 35.0 Å². The van der Waals surface area contributed by atoms with E-state index < -0.39 is 6.10 Å². The van der Waals surface area contributed by atoms with Gasteiger partial charge in [-0.3, -0.25) is 0 Å². The Bertz CT molecular complexity index is 989. The maximum Gasteiger partial charge on any atom is 0.227 e. The van der Waals surface area contributed by atoms with E-state index in [-0.39, 0.29) is 17.8 Å². The van der Waals surface area contributed by atoms with Crippen LogP contribution in [0.1, 0.15) is 45.7 Å². The average Bonchev–Trinajstić information content (AvgIpc) is 3.10. The van der Waals surface area contributed by atoms with Gasteiger partial charge in [0.25, 0.3) is 0 Å². The fraction of sp³-hybridized carbons (Fsp3) is 0.450. The predicted octanol–water partition coefficient (Wildman–Crippen LogP) is 3.58. The van der Waals surface area contributed by atoms with E-state index in [1.54, 1.807) is 31.5 Å². The van der Waals surface area contributed by atoms with Crippen LogP contribution < -0.4 is 10.6 Å². The molecule has 0 aliphatic rings. The highest BCUT2D eigenvalue weighted by Gasteiger charge is 2.18. The molecule has 0 fully saturated rings. The van der Waals surface area contributed by atoms with Crippen LogP contribution in [0.15, 0.2) is 29.4 Å². The number of aromatic hydroxyl groups is 1. The van der Waals surface area contributed by atoms with Gasteiger partial charge in [0, 0.05) is 23.0 Å². The topological polar surface area (TPSA) is 108 Å². The molecule has 0 spiro atoms. The molecule has 1 aromatic carbocycles. The number of aliphatic hydroxyl groups excluding tert-OH is 1. The summed E-state index contributed by atoms with van der Waals surface area (Å²) in [6.45, 7) is 8.21. The van der Waals surface area contributed by atoms with Crippen molar-refractivity contribution in [2.75, 3.05) is 10.6 Å². The number of aromatic nitrogens is 4. The maximum absolute atomic E-state index is 10.1. The van der Waals surface area contributed by atoms with Crippen LogP contribution in [0.2, 0.25) is 0 Å². The van der Waals surface area contributed by atoms with Gasteiger partial charge in [-0.1, -0.05) is 6.92 Å². The molecular weight excluding hydrogens is 388 g/mol. The van der Waals surface area contributed by atoms with E-state index in [1.165, 1.54) is 0 Å². The lowest BCUT2D eigenvalue weighted by Gasteiger charge is -2.20. The molecule has 156 valence electrons. The number of aliphatic hydroxyl groups is 1. The quantitative estimate of drug-likeness (QED) is 0.357. The van der Waals surface area contributed by atoms with E-state index in [9.17, 15) is 10.2 Å². The van der Waals surface area contributed by atoms with Crippen LogP contribution in [0.3, 0.4) is 0 Å². The number of nitrogens with one attached hydrogen (secondary N) is 2. The van der Waals surface area contributed by atoms with Crippen molar-refractivity contribution in [3.05, 3.63) is 30.1 Å². The molecule has 0 amide bonds. The van der Waals surface area contributed by atoms with Crippen LogP contribution in [0.25, 0.3) is 11.2 Å². The molecule has 0 saturated carbocycles. The normalized spacial score (nSPS) is 13.6. The van der Waals surface area contributed by atoms with Gasteiger partial charge >= 0.3 is 0 Å². The third-order valence-electron chi connectivity index (χ3n) is 4.82. The molecule has 3 aromatic rings. The number of benzene rings is 1. The molecule has 8 nitrogen and oxygen atoms in total. The molecule has 2 aromatic heterocycles. The molecule has 29 heavy (non-hydrogen) atoms. The zero-order valence-electron chi connectivity index (χ0n) is 17.1. The van der Waals surface area contributed by atoms with Gasteiger partial charge in [0.15, 0.2) is 17.0 Å². The summed E-state index contributed by atoms with van der Waals surface area (Å²) in [5, 5.41) is 26.6. The average molecular weight is 417 g/mol. The number of imidazole rings is 1. The molecule has 0 aliphatic heterocycles. The van der Waals surface area contributed by atoms with Crippen LogP contribution in [-0.4, -0.2) is 41.9 Å². The van der Waals surface area contributed by atoms with E-state index in [0.717, 1.165) is 11.3 Å². The summed E-state index contributed by atoms with van der Waals surface area (Å²) >= 11 is 4.34. The lowest BCUT2D eigenvalue weighted by atomic mass is 10.1. The number of phenolic OH excluding ortho intramolecular Hbond substituents is 1. The zero-order valence-corrected chi connectivity index (χ0v) is 18.0. The Balaban J connectivity index is 1.98. The van der Waals surface area contributed by atoms with Crippen molar-refractivity contribution in [3.63, 3.8) is 0 Å². The first kappa shape index (κ1) is 21.2. The maximum atomic E-state index is 10.1. The molecule has 2 unspecified atom stereocenters. The fourth-order valence-corrected chi connectivity index (χ4v) is 3.33. The van der Waals surface area contributed by atoms with Crippen LogP contribution in [-0.2, 0) is 6.54 Å². The summed E-state index contributed by atoms with van der Waals surface area (Å²) in [6.07, 6.45) is 1.94. The van der Waals surface area contributed by atoms with E-state index in [2.05, 4.69) is 52.1 Å². The summed E-state index contributed by atoms with van der Waals surface area (Å²) in [6, 6.07) is 5.16. The Morgan fingerprint density at radius 2 is 1.97 bits per heavy atom. The van der Waals surface area contributed by atoms with Gasteiger partial charge in [0.05, 0.1) is 18.5 Å². The Morgan fingerprint density at radius 3 is 2.62 bits per heavy atom. The van der Waals surface area contributed by atoms with Crippen LogP contribution >= 0.6 is 12.6 Å². The van der Waals surface area contributed by atoms with Crippen LogP contribution in [0.4, 0.5) is 11.8 Å². The lowest BCUT2D eigenvalue weighted by molar-refractivity contribution is 0.169. The van der Waals surface area contributed by atoms with E-state index in [4.69, 9.17) is 0 Å². The summed E-state index contributed by atoms with van der Waals surface area (Å²) in [5.74, 6) is 1.16. The number of rotatable bonds is 8. The first-order valence-electron chi connectivity index (χ1n) is 9.74. The highest BCUT2D eigenvalue weighted by atomic mass is 32.1. The zero-order chi connectivity index (χ0) is 21.1. The minimum atomic E-state index is -0.541. The molecule has 9 heteroatoms. The monoisotopic (exact) mass is 416 g/mol. The van der Waals surface area contributed by atoms with E-state index in [1.807, 2.05) is 11.5 Å². The van der Waals surface area contributed by atoms with Gasteiger partial charge in [-0.15, -0.1) is 12.6 Å². The number of hydrogen-bond donors (Lipinski definition) is 5. The second kappa shape index (κ2) is 8.87. The minimum Gasteiger partial charge on any atom is -0.508 e. The third kappa shape index (κ3) is 4.73. The highest BCUT2D eigenvalue weighted by Crippen LogP contribution is 2.26. The predicted molar refractivity (Wildman–Crippen MR) is 118 cm³/mol. The number of phenols is 1. The van der Waals surface area contributed by atoms with Gasteiger partial charge < -0.3 is 25.4 Å². The standard InChI is InChI=1S/C20H28N6O2S/c1-5-15(12(4)27)23-20-24-18(17-19(25-20)26(10-22-17)11(2)3)21-9-13-8-14(29)6-7-16(13)28/h6-8,10-12,15,27-29H,5,9H2,1-4H3,(H2,21,23,24,25). The van der Waals surface area contributed by atoms with Crippen LogP contribution in [0.5, 0.6) is 5.75 Å². The highest BCUT2D eigenvalue weighted by molar-refractivity contribution is 7.80. The van der Waals surface area contributed by atoms with Gasteiger partial charge in [0.1, 0.15) is 5.75 Å². The van der Waals surface area contributed by atoms with Crippen molar-refractivity contribution in [2.45, 2.75) is 63.7 Å². The molecule has 3 rings (SSSR count). The number of hydrogen-bond acceptors (Lipinski definition) is 8. The molecule has 4 N–H and O–H groups in total. The molecule has 0 radical (unpaired) electrons. The number of thiol groups is 1. The van der Waals surface area contributed by atoms with Crippen LogP contribution in [0, 0.1) is 0 Å². The number of anilines is 2. The van der Waals surface area contributed by atoms with Crippen molar-refractivity contribution < 1.29 is 10.2 Å². The molecule has 0 bridgehead atoms. The largest absolute Gasteiger partial charge is 0.508 e. The number of fused-ring (bicyclic) bond motifs is 1. The summed E-state index contributed by atoms with van der Waals surface area (Å²) in [4.78, 5) is 14.5. The first-order valence-corrected chi connectivity index (χ1v) is 10.2. The minimum absolute atomic E-state index is 0.166. The molecule has 2 atom stereocenters. The Kier molecular flexibility index (Phi) is 6.49. The van der Waals surface area contributed by atoms with Crippen molar-refractivity contribution in [1.82, 2.24) is 19.5 Å². The third-order valence-corrected chi connectivity index (χ3v) is 5.10. The molecule has 0 saturated heterocycles. The SMILES string of the molecule is CCC(Nc1nc(NCc2cc(S)ccc2O)c2ncn(C(C)C)c2n1)C(C)O. The summed E-state index contributed by atoms with van der Waals surface area (Å²) in [7, 11) is 0. The summed E-state index contributed by atoms with van der Waals surface area (Å²) < 4.78 is 1.97. The van der Waals surface area contributed by atoms with Gasteiger partial charge in [-0.05, 0) is 45.4 Å². The van der Waals surface area contributed by atoms with E-state index >= 15 is 0 Å². The Morgan fingerprint density at radius 1 is 1.21 bits per heavy atom. The Labute approximate surface area is 175 Å². The Hall–Kier alpha value is -2.52. The molecule has 0 aliphatic carbocycles. The second-order valence-electron chi connectivity index (χ2n) is 7.38. The van der Waals surface area contributed by atoms with Gasteiger partial charge in [0.2, 0.25) is 5.95 Å². The first-order chi connectivity index (χ1) is 13.8. The van der Waals surface area contributed by atoms with Crippen molar-refractivity contribution in [2.24, 2.45) is 0 Å². The summed E-state index contributed by atoms with van der Waals surface area (Å²) in [5.41, 5.74) is 2.06. The second-order valence-corrected chi connectivity index (χ2v) is 7.90. The molecule has 2 heterocycles. The molecular formula is C20H28N6O2S. The van der Waals surface area contributed by atoms with Gasteiger partial charge in [-0.25, -0.2) is 4.98 Å². The lowest BCUT2D eigenvalue weighted by Crippen LogP contribution is -2.31. The smallest absolute Gasteiger partial charge is 0.227 e. The van der Waals surface area contributed by atoms with Crippen molar-refractivity contribution in [1.29, 1.82) is 0 Å². The van der Waals surface area contributed by atoms with Crippen molar-refractivity contribution >= 4 is 35.6 Å². The fourth-order valence-electron chi connectivity index (χ4n) is 3.10. The van der Waals surface area contributed by atoms with Crippen molar-refractivity contribution in [3.8, 4) is 5.75 Å². The number of nitrogens with zero attached hydrogens (tertiary/aromatic N) is 4. The van der Waals surface area contributed by atoms with Gasteiger partial charge in [-0.2, -0.15) is 9.97 Å².